The van der Waals surface area contributed by atoms with E-state index in [0.29, 0.717) is 22.5 Å². The van der Waals surface area contributed by atoms with E-state index in [1.54, 1.807) is 0 Å². The Labute approximate surface area is 186 Å². The zero-order valence-corrected chi connectivity index (χ0v) is 17.4. The van der Waals surface area contributed by atoms with Crippen molar-refractivity contribution < 1.29 is 0 Å². The van der Waals surface area contributed by atoms with E-state index in [2.05, 4.69) is 0 Å². The Hall–Kier alpha value is -3.82. The minimum atomic E-state index is 0.592. The molecule has 0 saturated carbocycles. The molecule has 4 aromatic carbocycles. The highest BCUT2D eigenvalue weighted by Gasteiger charge is 2.13. The second-order valence-corrected chi connectivity index (χ2v) is 7.51. The number of hydrogen-bond acceptors (Lipinski definition) is 3. The molecule has 0 atom stereocenters. The van der Waals surface area contributed by atoms with Gasteiger partial charge in [0.2, 0.25) is 0 Å². The number of aromatic nitrogens is 3. The molecule has 3 nitrogen and oxygen atoms in total. The molecule has 4 heteroatoms. The molecule has 0 unspecified atom stereocenters. The summed E-state index contributed by atoms with van der Waals surface area (Å²) in [6, 6.07) is 35.9. The third-order valence-electron chi connectivity index (χ3n) is 5.01. The molecule has 0 aliphatic carbocycles. The molecule has 5 aromatic rings. The minimum Gasteiger partial charge on any atom is -0.208 e. The Morgan fingerprint density at radius 3 is 1.29 bits per heavy atom. The highest BCUT2D eigenvalue weighted by atomic mass is 35.5. The summed E-state index contributed by atoms with van der Waals surface area (Å²) < 4.78 is 0. The second kappa shape index (κ2) is 8.50. The third kappa shape index (κ3) is 4.09. The van der Waals surface area contributed by atoms with Crippen LogP contribution in [0.2, 0.25) is 5.02 Å². The Balaban J connectivity index is 1.64. The molecule has 1 aromatic heterocycles. The van der Waals surface area contributed by atoms with Gasteiger partial charge in [-0.05, 0) is 11.6 Å². The van der Waals surface area contributed by atoms with E-state index in [9.17, 15) is 0 Å². The van der Waals surface area contributed by atoms with Gasteiger partial charge in [0.1, 0.15) is 0 Å². The topological polar surface area (TPSA) is 38.7 Å². The molecule has 5 rings (SSSR count). The van der Waals surface area contributed by atoms with Crippen LogP contribution in [0.4, 0.5) is 0 Å². The summed E-state index contributed by atoms with van der Waals surface area (Å²) in [7, 11) is 0. The molecule has 148 valence electrons. The number of hydrogen-bond donors (Lipinski definition) is 0. The highest BCUT2D eigenvalue weighted by molar-refractivity contribution is 6.33. The zero-order valence-electron chi connectivity index (χ0n) is 16.6. The van der Waals surface area contributed by atoms with Gasteiger partial charge in [-0.3, -0.25) is 0 Å². The fourth-order valence-corrected chi connectivity index (χ4v) is 3.73. The largest absolute Gasteiger partial charge is 0.208 e. The van der Waals surface area contributed by atoms with Gasteiger partial charge < -0.3 is 0 Å². The minimum absolute atomic E-state index is 0.592. The van der Waals surface area contributed by atoms with E-state index in [4.69, 9.17) is 26.6 Å². The predicted octanol–water partition coefficient (Wildman–Crippen LogP) is 7.19. The maximum Gasteiger partial charge on any atom is 0.164 e. The maximum atomic E-state index is 6.66. The zero-order chi connectivity index (χ0) is 21.0. The van der Waals surface area contributed by atoms with E-state index in [1.165, 1.54) is 0 Å². The van der Waals surface area contributed by atoms with E-state index >= 15 is 0 Å². The number of halogens is 1. The van der Waals surface area contributed by atoms with E-state index in [-0.39, 0.29) is 0 Å². The predicted molar refractivity (Wildman–Crippen MR) is 127 cm³/mol. The quantitative estimate of drug-likeness (QED) is 0.309. The average molecular weight is 420 g/mol. The lowest BCUT2D eigenvalue weighted by molar-refractivity contribution is 1.07. The lowest BCUT2D eigenvalue weighted by Crippen LogP contribution is -2.00. The van der Waals surface area contributed by atoms with Gasteiger partial charge in [0.15, 0.2) is 17.5 Å². The van der Waals surface area contributed by atoms with Crippen molar-refractivity contribution in [3.05, 3.63) is 114 Å². The molecule has 0 aliphatic heterocycles. The number of benzene rings is 4. The van der Waals surface area contributed by atoms with Crippen molar-refractivity contribution in [2.75, 3.05) is 0 Å². The van der Waals surface area contributed by atoms with E-state index in [1.807, 2.05) is 109 Å². The molecule has 0 aliphatic rings. The van der Waals surface area contributed by atoms with Gasteiger partial charge in [-0.15, -0.1) is 0 Å². The van der Waals surface area contributed by atoms with Crippen molar-refractivity contribution in [2.45, 2.75) is 0 Å². The summed E-state index contributed by atoms with van der Waals surface area (Å²) >= 11 is 6.66. The first kappa shape index (κ1) is 19.2. The van der Waals surface area contributed by atoms with Crippen LogP contribution in [0.15, 0.2) is 109 Å². The van der Waals surface area contributed by atoms with Crippen LogP contribution in [-0.2, 0) is 0 Å². The van der Waals surface area contributed by atoms with Crippen molar-refractivity contribution in [3.8, 4) is 45.3 Å². The highest BCUT2D eigenvalue weighted by Crippen LogP contribution is 2.32. The molecule has 0 amide bonds. The van der Waals surface area contributed by atoms with Crippen molar-refractivity contribution in [1.29, 1.82) is 0 Å². The molecular weight excluding hydrogens is 402 g/mol. The molecule has 0 saturated heterocycles. The molecule has 31 heavy (non-hydrogen) atoms. The first-order chi connectivity index (χ1) is 15.3. The maximum absolute atomic E-state index is 6.66. The van der Waals surface area contributed by atoms with Crippen molar-refractivity contribution in [3.63, 3.8) is 0 Å². The number of nitrogens with zero attached hydrogens (tertiary/aromatic N) is 3. The molecule has 0 bridgehead atoms. The van der Waals surface area contributed by atoms with Crippen molar-refractivity contribution in [1.82, 2.24) is 15.0 Å². The Morgan fingerprint density at radius 1 is 0.419 bits per heavy atom. The van der Waals surface area contributed by atoms with Crippen molar-refractivity contribution in [2.24, 2.45) is 0 Å². The molecule has 0 fully saturated rings. The summed E-state index contributed by atoms with van der Waals surface area (Å²) in [5.74, 6) is 1.86. The summed E-state index contributed by atoms with van der Waals surface area (Å²) in [6.45, 7) is 0. The first-order valence-corrected chi connectivity index (χ1v) is 10.4. The molecule has 0 radical (unpaired) electrons. The summed E-state index contributed by atoms with van der Waals surface area (Å²) in [6.07, 6.45) is 0. The fraction of sp³-hybridized carbons (Fsp3) is 0. The van der Waals surface area contributed by atoms with E-state index in [0.717, 1.165) is 27.8 Å². The van der Waals surface area contributed by atoms with Gasteiger partial charge in [-0.25, -0.2) is 15.0 Å². The van der Waals surface area contributed by atoms with E-state index < -0.39 is 0 Å². The summed E-state index contributed by atoms with van der Waals surface area (Å²) in [4.78, 5) is 14.3. The Kier molecular flexibility index (Phi) is 5.26. The lowest BCUT2D eigenvalue weighted by atomic mass is 10.0. The summed E-state index contributed by atoms with van der Waals surface area (Å²) in [5, 5.41) is 0.659. The average Bonchev–Trinajstić information content (AvgIpc) is 2.85. The van der Waals surface area contributed by atoms with Gasteiger partial charge in [0, 0.05) is 27.3 Å². The van der Waals surface area contributed by atoms with Crippen LogP contribution in [0.5, 0.6) is 0 Å². The number of rotatable bonds is 4. The van der Waals surface area contributed by atoms with Crippen LogP contribution in [0.3, 0.4) is 0 Å². The molecule has 0 spiro atoms. The second-order valence-electron chi connectivity index (χ2n) is 7.10. The van der Waals surface area contributed by atoms with Crippen LogP contribution in [0.25, 0.3) is 45.3 Å². The van der Waals surface area contributed by atoms with Crippen molar-refractivity contribution >= 4 is 11.6 Å². The van der Waals surface area contributed by atoms with Crippen LogP contribution >= 0.6 is 11.6 Å². The van der Waals surface area contributed by atoms with Gasteiger partial charge in [-0.1, -0.05) is 115 Å². The standard InChI is InChI=1S/C27H18ClN3/c28-24-18-22(16-17-23(24)19-10-4-1-5-11-19)27-30-25(20-12-6-2-7-13-20)29-26(31-27)21-14-8-3-9-15-21/h1-18H. The normalized spacial score (nSPS) is 10.7. The van der Waals surface area contributed by atoms with Crippen LogP contribution in [-0.4, -0.2) is 15.0 Å². The molecule has 1 heterocycles. The monoisotopic (exact) mass is 419 g/mol. The van der Waals surface area contributed by atoms with Crippen LogP contribution in [0.1, 0.15) is 0 Å². The van der Waals surface area contributed by atoms with Crippen LogP contribution in [0, 0.1) is 0 Å². The first-order valence-electron chi connectivity index (χ1n) is 10.0. The fourth-order valence-electron chi connectivity index (χ4n) is 3.44. The molecule has 0 N–H and O–H groups in total. The van der Waals surface area contributed by atoms with Gasteiger partial charge >= 0.3 is 0 Å². The molecular formula is C27H18ClN3. The Bertz CT molecular complexity index is 1260. The smallest absolute Gasteiger partial charge is 0.164 e. The Morgan fingerprint density at radius 2 is 0.839 bits per heavy atom. The summed E-state index contributed by atoms with van der Waals surface area (Å²) in [5.41, 5.74) is 4.78. The SMILES string of the molecule is Clc1cc(-c2nc(-c3ccccc3)nc(-c3ccccc3)n2)ccc1-c1ccccc1. The van der Waals surface area contributed by atoms with Gasteiger partial charge in [0.25, 0.3) is 0 Å². The van der Waals surface area contributed by atoms with Gasteiger partial charge in [-0.2, -0.15) is 0 Å². The lowest BCUT2D eigenvalue weighted by Gasteiger charge is -2.10. The third-order valence-corrected chi connectivity index (χ3v) is 5.32. The van der Waals surface area contributed by atoms with Gasteiger partial charge in [0.05, 0.1) is 0 Å². The van der Waals surface area contributed by atoms with Crippen LogP contribution < -0.4 is 0 Å².